The highest BCUT2D eigenvalue weighted by Crippen LogP contribution is 2.15. The van der Waals surface area contributed by atoms with Gasteiger partial charge in [-0.25, -0.2) is 0 Å². The molecule has 0 aliphatic carbocycles. The lowest BCUT2D eigenvalue weighted by Gasteiger charge is -2.28. The molecule has 2 aromatic rings. The molecule has 1 saturated heterocycles. The molecule has 1 atom stereocenters. The van der Waals surface area contributed by atoms with E-state index in [4.69, 9.17) is 17.0 Å². The maximum Gasteiger partial charge on any atom is 0.347 e. The zero-order valence-electron chi connectivity index (χ0n) is 14.8. The van der Waals surface area contributed by atoms with Crippen molar-refractivity contribution in [1.29, 1.82) is 0 Å². The third-order valence-corrected chi connectivity index (χ3v) is 4.57. The first-order chi connectivity index (χ1) is 12.6. The quantitative estimate of drug-likeness (QED) is 0.759. The van der Waals surface area contributed by atoms with Gasteiger partial charge in [-0.2, -0.15) is 4.68 Å². The lowest BCUT2D eigenvalue weighted by molar-refractivity contribution is -0.121. The van der Waals surface area contributed by atoms with E-state index >= 15 is 0 Å². The van der Waals surface area contributed by atoms with Crippen molar-refractivity contribution >= 4 is 23.2 Å². The van der Waals surface area contributed by atoms with Crippen LogP contribution in [0.1, 0.15) is 26.7 Å². The molecular formula is C17H22N6O2S. The van der Waals surface area contributed by atoms with Crippen molar-refractivity contribution in [2.24, 2.45) is 0 Å². The number of nitrogens with one attached hydrogen (secondary N) is 1. The Morgan fingerprint density at radius 3 is 2.85 bits per heavy atom. The number of hydrogen-bond donors (Lipinski definition) is 1. The highest BCUT2D eigenvalue weighted by molar-refractivity contribution is 7.80. The summed E-state index contributed by atoms with van der Waals surface area (Å²) >= 11 is 5.42. The number of rotatable bonds is 6. The van der Waals surface area contributed by atoms with Crippen molar-refractivity contribution in [1.82, 2.24) is 30.4 Å². The first-order valence-electron chi connectivity index (χ1n) is 8.64. The lowest BCUT2D eigenvalue weighted by atomic mass is 10.1. The van der Waals surface area contributed by atoms with Gasteiger partial charge in [0.05, 0.1) is 18.3 Å². The Labute approximate surface area is 157 Å². The highest BCUT2D eigenvalue weighted by Gasteiger charge is 2.27. The maximum atomic E-state index is 12.5. The Bertz CT molecular complexity index is 758. The molecule has 2 heterocycles. The lowest BCUT2D eigenvalue weighted by Crippen LogP contribution is -2.46. The first-order valence-corrected chi connectivity index (χ1v) is 9.05. The van der Waals surface area contributed by atoms with Crippen molar-refractivity contribution in [3.8, 4) is 11.7 Å². The predicted molar refractivity (Wildman–Crippen MR) is 100 cm³/mol. The molecule has 0 amide bonds. The van der Waals surface area contributed by atoms with Crippen LogP contribution >= 0.6 is 12.2 Å². The highest BCUT2D eigenvalue weighted by atomic mass is 32.1. The van der Waals surface area contributed by atoms with Crippen LogP contribution in [0.15, 0.2) is 30.3 Å². The van der Waals surface area contributed by atoms with E-state index in [2.05, 4.69) is 20.8 Å². The molecular weight excluding hydrogens is 352 g/mol. The Balaban J connectivity index is 1.71. The summed E-state index contributed by atoms with van der Waals surface area (Å²) in [5.74, 6) is 0.116. The summed E-state index contributed by atoms with van der Waals surface area (Å²) in [7, 11) is 0. The Kier molecular flexibility index (Phi) is 5.89. The van der Waals surface area contributed by atoms with Crippen molar-refractivity contribution in [2.45, 2.75) is 38.8 Å². The van der Waals surface area contributed by atoms with Gasteiger partial charge in [0.25, 0.3) is 5.17 Å². The molecule has 0 unspecified atom stereocenters. The van der Waals surface area contributed by atoms with Crippen LogP contribution in [-0.2, 0) is 4.79 Å². The van der Waals surface area contributed by atoms with E-state index in [1.165, 1.54) is 4.68 Å². The number of carbonyl (C=O) groups is 1. The number of aromatic nitrogens is 4. The Morgan fingerprint density at radius 2 is 2.19 bits per heavy atom. The molecule has 1 aromatic heterocycles. The van der Waals surface area contributed by atoms with Crippen LogP contribution in [-0.4, -0.2) is 61.2 Å². The number of ether oxygens (including phenoxy) is 1. The van der Waals surface area contributed by atoms with Crippen molar-refractivity contribution in [2.75, 3.05) is 13.1 Å². The summed E-state index contributed by atoms with van der Waals surface area (Å²) in [6.45, 7) is 5.00. The molecule has 3 rings (SSSR count). The number of carbonyl (C=O) groups excluding carboxylic acids is 1. The fraction of sp³-hybridized carbons (Fsp3) is 0.471. The van der Waals surface area contributed by atoms with Gasteiger partial charge in [0, 0.05) is 6.04 Å². The first kappa shape index (κ1) is 18.4. The summed E-state index contributed by atoms with van der Waals surface area (Å²) in [5.41, 5.74) is 0.762. The van der Waals surface area contributed by atoms with Crippen LogP contribution in [0.5, 0.6) is 6.01 Å². The minimum Gasteiger partial charge on any atom is -0.395 e. The number of hydrogen-bond acceptors (Lipinski definition) is 7. The average Bonchev–Trinajstić information content (AvgIpc) is 3.31. The molecule has 1 N–H and O–H groups in total. The molecule has 1 aliphatic heterocycles. The predicted octanol–water partition coefficient (Wildman–Crippen LogP) is 1.36. The number of tetrazole rings is 1. The third-order valence-electron chi connectivity index (χ3n) is 4.25. The van der Waals surface area contributed by atoms with E-state index in [0.717, 1.165) is 25.1 Å². The second-order valence-corrected chi connectivity index (χ2v) is 6.76. The van der Waals surface area contributed by atoms with Crippen LogP contribution < -0.4 is 10.1 Å². The van der Waals surface area contributed by atoms with E-state index in [-0.39, 0.29) is 35.6 Å². The molecule has 1 aromatic carbocycles. The molecule has 8 nitrogen and oxygen atoms in total. The molecule has 0 spiro atoms. The van der Waals surface area contributed by atoms with Gasteiger partial charge >= 0.3 is 6.01 Å². The smallest absolute Gasteiger partial charge is 0.347 e. The second-order valence-electron chi connectivity index (χ2n) is 6.41. The van der Waals surface area contributed by atoms with E-state index in [9.17, 15) is 4.79 Å². The molecule has 0 saturated carbocycles. The van der Waals surface area contributed by atoms with Gasteiger partial charge in [0.1, 0.15) is 0 Å². The van der Waals surface area contributed by atoms with Crippen LogP contribution in [0, 0.1) is 0 Å². The topological polar surface area (TPSA) is 85.2 Å². The standard InChI is InChI=1S/C17H22N6O2S/c1-12(2)22(11-15(24)14-9-6-10-18-14)17(26)25-16-19-20-21-23(16)13-7-4-3-5-8-13/h3-5,7-8,12,14,18H,6,9-11H2,1-2H3/t14-/m1/s1. The fourth-order valence-corrected chi connectivity index (χ4v) is 3.16. The zero-order chi connectivity index (χ0) is 18.5. The van der Waals surface area contributed by atoms with Crippen molar-refractivity contribution in [3.63, 3.8) is 0 Å². The number of nitrogens with zero attached hydrogens (tertiary/aromatic N) is 5. The van der Waals surface area contributed by atoms with Gasteiger partial charge in [-0.1, -0.05) is 23.3 Å². The molecule has 0 radical (unpaired) electrons. The number of para-hydroxylation sites is 1. The van der Waals surface area contributed by atoms with Crippen molar-refractivity contribution in [3.05, 3.63) is 30.3 Å². The molecule has 1 aliphatic rings. The zero-order valence-corrected chi connectivity index (χ0v) is 15.6. The van der Waals surface area contributed by atoms with E-state index in [1.807, 2.05) is 44.2 Å². The van der Waals surface area contributed by atoms with E-state index in [1.54, 1.807) is 4.90 Å². The average molecular weight is 374 g/mol. The molecule has 9 heteroatoms. The summed E-state index contributed by atoms with van der Waals surface area (Å²) in [6, 6.07) is 9.46. The maximum absolute atomic E-state index is 12.5. The van der Waals surface area contributed by atoms with Gasteiger partial charge in [-0.3, -0.25) is 4.79 Å². The minimum atomic E-state index is -0.103. The summed E-state index contributed by atoms with van der Waals surface area (Å²) in [4.78, 5) is 14.2. The minimum absolute atomic E-state index is 0.00825. The molecule has 26 heavy (non-hydrogen) atoms. The molecule has 1 fully saturated rings. The van der Waals surface area contributed by atoms with Gasteiger partial charge in [0.2, 0.25) is 0 Å². The number of Topliss-reactive ketones (excluding diaryl/α,β-unsaturated/α-hetero) is 1. The largest absolute Gasteiger partial charge is 0.395 e. The molecule has 138 valence electrons. The van der Waals surface area contributed by atoms with Gasteiger partial charge < -0.3 is 15.0 Å². The van der Waals surface area contributed by atoms with Crippen LogP contribution in [0.4, 0.5) is 0 Å². The monoisotopic (exact) mass is 374 g/mol. The molecule has 0 bridgehead atoms. The van der Waals surface area contributed by atoms with Gasteiger partial charge in [-0.15, -0.1) is 0 Å². The van der Waals surface area contributed by atoms with Gasteiger partial charge in [0.15, 0.2) is 5.78 Å². The summed E-state index contributed by atoms with van der Waals surface area (Å²) in [5, 5.41) is 14.9. The Hall–Kier alpha value is -2.39. The van der Waals surface area contributed by atoms with Crippen LogP contribution in [0.25, 0.3) is 5.69 Å². The Morgan fingerprint density at radius 1 is 1.42 bits per heavy atom. The normalized spacial score (nSPS) is 16.7. The summed E-state index contributed by atoms with van der Waals surface area (Å²) < 4.78 is 7.20. The number of ketones is 1. The van der Waals surface area contributed by atoms with Gasteiger partial charge in [-0.05, 0) is 68.0 Å². The van der Waals surface area contributed by atoms with E-state index < -0.39 is 0 Å². The van der Waals surface area contributed by atoms with E-state index in [0.29, 0.717) is 0 Å². The number of benzene rings is 1. The summed E-state index contributed by atoms with van der Waals surface area (Å²) in [6.07, 6.45) is 1.88. The SMILES string of the molecule is CC(C)N(CC(=O)[C@H]1CCCN1)C(=S)Oc1nnnn1-c1ccccc1. The number of thiocarbonyl (C=S) groups is 1. The van der Waals surface area contributed by atoms with Crippen LogP contribution in [0.2, 0.25) is 0 Å². The third kappa shape index (κ3) is 4.23. The second kappa shape index (κ2) is 8.33. The van der Waals surface area contributed by atoms with Crippen molar-refractivity contribution < 1.29 is 9.53 Å². The van der Waals surface area contributed by atoms with Crippen LogP contribution in [0.3, 0.4) is 0 Å². The fourth-order valence-electron chi connectivity index (χ4n) is 2.81.